The van der Waals surface area contributed by atoms with Gasteiger partial charge in [0.25, 0.3) is 0 Å². The van der Waals surface area contributed by atoms with Gasteiger partial charge < -0.3 is 4.90 Å². The first-order valence-corrected chi connectivity index (χ1v) is 7.89. The molecule has 1 heterocycles. The SMILES string of the molecule is Cc1ccccc1C(=O)CCN1CCC(C(C)C)CC1. The molecule has 0 amide bonds. The van der Waals surface area contributed by atoms with Crippen LogP contribution in [0, 0.1) is 18.8 Å². The Balaban J connectivity index is 1.79. The van der Waals surface area contributed by atoms with Gasteiger partial charge >= 0.3 is 0 Å². The van der Waals surface area contributed by atoms with E-state index in [0.717, 1.165) is 42.6 Å². The van der Waals surface area contributed by atoms with Gasteiger partial charge in [-0.25, -0.2) is 0 Å². The van der Waals surface area contributed by atoms with Crippen LogP contribution in [-0.2, 0) is 0 Å². The zero-order chi connectivity index (χ0) is 14.5. The quantitative estimate of drug-likeness (QED) is 0.757. The number of rotatable bonds is 5. The van der Waals surface area contributed by atoms with Crippen LogP contribution in [0.1, 0.15) is 49.0 Å². The highest BCUT2D eigenvalue weighted by molar-refractivity contribution is 5.97. The number of ketones is 1. The van der Waals surface area contributed by atoms with Gasteiger partial charge in [0, 0.05) is 18.5 Å². The van der Waals surface area contributed by atoms with E-state index >= 15 is 0 Å². The number of nitrogens with zero attached hydrogens (tertiary/aromatic N) is 1. The number of aryl methyl sites for hydroxylation is 1. The molecule has 0 aliphatic carbocycles. The Kier molecular flexibility index (Phi) is 5.36. The van der Waals surface area contributed by atoms with Crippen LogP contribution >= 0.6 is 0 Å². The van der Waals surface area contributed by atoms with Gasteiger partial charge in [-0.1, -0.05) is 38.1 Å². The molecular formula is C18H27NO. The largest absolute Gasteiger partial charge is 0.303 e. The van der Waals surface area contributed by atoms with Crippen molar-refractivity contribution in [1.82, 2.24) is 4.90 Å². The Morgan fingerprint density at radius 3 is 2.50 bits per heavy atom. The average Bonchev–Trinajstić information content (AvgIpc) is 2.45. The topological polar surface area (TPSA) is 20.3 Å². The minimum atomic E-state index is 0.286. The van der Waals surface area contributed by atoms with Crippen LogP contribution in [0.5, 0.6) is 0 Å². The Labute approximate surface area is 123 Å². The van der Waals surface area contributed by atoms with Crippen LogP contribution < -0.4 is 0 Å². The molecule has 1 aromatic rings. The van der Waals surface area contributed by atoms with Gasteiger partial charge in [0.05, 0.1) is 0 Å². The highest BCUT2D eigenvalue weighted by Crippen LogP contribution is 2.24. The molecule has 0 spiro atoms. The van der Waals surface area contributed by atoms with E-state index in [1.54, 1.807) is 0 Å². The number of hydrogen-bond acceptors (Lipinski definition) is 2. The van der Waals surface area contributed by atoms with Crippen LogP contribution in [0.2, 0.25) is 0 Å². The standard InChI is InChI=1S/C18H27NO/c1-14(2)16-8-11-19(12-9-16)13-10-18(20)17-7-5-4-6-15(17)3/h4-7,14,16H,8-13H2,1-3H3. The summed E-state index contributed by atoms with van der Waals surface area (Å²) >= 11 is 0. The van der Waals surface area contributed by atoms with Gasteiger partial charge in [-0.2, -0.15) is 0 Å². The van der Waals surface area contributed by atoms with E-state index in [2.05, 4.69) is 18.7 Å². The fourth-order valence-electron chi connectivity index (χ4n) is 3.12. The van der Waals surface area contributed by atoms with Crippen LogP contribution in [0.25, 0.3) is 0 Å². The molecule has 0 atom stereocenters. The molecule has 1 aromatic carbocycles. The second-order valence-corrected chi connectivity index (χ2v) is 6.41. The van der Waals surface area contributed by atoms with E-state index in [1.165, 1.54) is 12.8 Å². The normalized spacial score (nSPS) is 17.6. The molecule has 1 saturated heterocycles. The Morgan fingerprint density at radius 2 is 1.90 bits per heavy atom. The summed E-state index contributed by atoms with van der Waals surface area (Å²) in [5.74, 6) is 1.96. The van der Waals surface area contributed by atoms with Crippen molar-refractivity contribution in [2.45, 2.75) is 40.0 Å². The van der Waals surface area contributed by atoms with Gasteiger partial charge in [-0.05, 0) is 50.3 Å². The fourth-order valence-corrected chi connectivity index (χ4v) is 3.12. The predicted molar refractivity (Wildman–Crippen MR) is 84.1 cm³/mol. The first-order valence-electron chi connectivity index (χ1n) is 7.89. The molecule has 1 aliphatic rings. The van der Waals surface area contributed by atoms with Crippen LogP contribution in [0.15, 0.2) is 24.3 Å². The molecule has 2 rings (SSSR count). The molecule has 110 valence electrons. The highest BCUT2D eigenvalue weighted by atomic mass is 16.1. The van der Waals surface area contributed by atoms with Crippen LogP contribution in [0.4, 0.5) is 0 Å². The second kappa shape index (κ2) is 7.03. The zero-order valence-corrected chi connectivity index (χ0v) is 13.1. The summed E-state index contributed by atoms with van der Waals surface area (Å²) in [5.41, 5.74) is 1.99. The van der Waals surface area contributed by atoms with Crippen LogP contribution in [0.3, 0.4) is 0 Å². The third-order valence-electron chi connectivity index (χ3n) is 4.68. The Hall–Kier alpha value is -1.15. The predicted octanol–water partition coefficient (Wildman–Crippen LogP) is 3.94. The molecule has 0 radical (unpaired) electrons. The summed E-state index contributed by atoms with van der Waals surface area (Å²) in [4.78, 5) is 14.7. The first kappa shape index (κ1) is 15.2. The maximum atomic E-state index is 12.3. The number of hydrogen-bond donors (Lipinski definition) is 0. The molecule has 0 saturated carbocycles. The number of Topliss-reactive ketones (excluding diaryl/α,β-unsaturated/α-hetero) is 1. The van der Waals surface area contributed by atoms with E-state index in [1.807, 2.05) is 31.2 Å². The molecule has 0 bridgehead atoms. The van der Waals surface area contributed by atoms with Crippen molar-refractivity contribution in [1.29, 1.82) is 0 Å². The van der Waals surface area contributed by atoms with Crippen molar-refractivity contribution in [3.8, 4) is 0 Å². The highest BCUT2D eigenvalue weighted by Gasteiger charge is 2.21. The molecule has 0 aromatic heterocycles. The Morgan fingerprint density at radius 1 is 1.25 bits per heavy atom. The van der Waals surface area contributed by atoms with Gasteiger partial charge in [-0.3, -0.25) is 4.79 Å². The maximum Gasteiger partial charge on any atom is 0.164 e. The van der Waals surface area contributed by atoms with Crippen molar-refractivity contribution < 1.29 is 4.79 Å². The van der Waals surface area contributed by atoms with Gasteiger partial charge in [0.2, 0.25) is 0 Å². The van der Waals surface area contributed by atoms with Crippen molar-refractivity contribution in [2.75, 3.05) is 19.6 Å². The van der Waals surface area contributed by atoms with E-state index in [-0.39, 0.29) is 5.78 Å². The van der Waals surface area contributed by atoms with Crippen molar-refractivity contribution in [3.63, 3.8) is 0 Å². The molecule has 0 unspecified atom stereocenters. The minimum absolute atomic E-state index is 0.286. The third kappa shape index (κ3) is 3.92. The fraction of sp³-hybridized carbons (Fsp3) is 0.611. The number of likely N-dealkylation sites (tertiary alicyclic amines) is 1. The lowest BCUT2D eigenvalue weighted by Gasteiger charge is -2.33. The van der Waals surface area contributed by atoms with E-state index in [9.17, 15) is 4.79 Å². The summed E-state index contributed by atoms with van der Waals surface area (Å²) in [6.45, 7) is 9.89. The van der Waals surface area contributed by atoms with E-state index in [4.69, 9.17) is 0 Å². The van der Waals surface area contributed by atoms with Gasteiger partial charge in [0.15, 0.2) is 5.78 Å². The molecule has 0 N–H and O–H groups in total. The lowest BCUT2D eigenvalue weighted by atomic mass is 9.86. The Bertz CT molecular complexity index is 444. The lowest BCUT2D eigenvalue weighted by molar-refractivity contribution is 0.0942. The summed E-state index contributed by atoms with van der Waals surface area (Å²) in [6, 6.07) is 7.90. The second-order valence-electron chi connectivity index (χ2n) is 6.41. The van der Waals surface area contributed by atoms with Gasteiger partial charge in [-0.15, -0.1) is 0 Å². The molecule has 2 nitrogen and oxygen atoms in total. The van der Waals surface area contributed by atoms with Crippen molar-refractivity contribution in [2.24, 2.45) is 11.8 Å². The number of benzene rings is 1. The average molecular weight is 273 g/mol. The molecular weight excluding hydrogens is 246 g/mol. The van der Waals surface area contributed by atoms with Crippen LogP contribution in [-0.4, -0.2) is 30.3 Å². The molecule has 1 aliphatic heterocycles. The number of piperidine rings is 1. The summed E-state index contributed by atoms with van der Waals surface area (Å²) in [6.07, 6.45) is 3.23. The minimum Gasteiger partial charge on any atom is -0.303 e. The molecule has 1 fully saturated rings. The third-order valence-corrected chi connectivity index (χ3v) is 4.68. The monoisotopic (exact) mass is 273 g/mol. The number of carbonyl (C=O) groups is 1. The van der Waals surface area contributed by atoms with E-state index < -0.39 is 0 Å². The summed E-state index contributed by atoms with van der Waals surface area (Å²) in [7, 11) is 0. The van der Waals surface area contributed by atoms with Crippen molar-refractivity contribution >= 4 is 5.78 Å². The summed E-state index contributed by atoms with van der Waals surface area (Å²) in [5, 5.41) is 0. The lowest BCUT2D eigenvalue weighted by Crippen LogP contribution is -2.36. The van der Waals surface area contributed by atoms with Crippen molar-refractivity contribution in [3.05, 3.63) is 35.4 Å². The molecule has 20 heavy (non-hydrogen) atoms. The maximum absolute atomic E-state index is 12.3. The number of carbonyl (C=O) groups excluding carboxylic acids is 1. The van der Waals surface area contributed by atoms with Gasteiger partial charge in [0.1, 0.15) is 0 Å². The van der Waals surface area contributed by atoms with E-state index in [0.29, 0.717) is 6.42 Å². The zero-order valence-electron chi connectivity index (χ0n) is 13.1. The summed E-state index contributed by atoms with van der Waals surface area (Å²) < 4.78 is 0. The smallest absolute Gasteiger partial charge is 0.164 e. The first-order chi connectivity index (χ1) is 9.58. The molecule has 2 heteroatoms.